The fourth-order valence-corrected chi connectivity index (χ4v) is 2.34. The van der Waals surface area contributed by atoms with Crippen LogP contribution in [-0.4, -0.2) is 12.0 Å². The first-order valence-electron chi connectivity index (χ1n) is 6.99. The molecule has 5 heteroatoms. The van der Waals surface area contributed by atoms with Gasteiger partial charge >= 0.3 is 0 Å². The highest BCUT2D eigenvalue weighted by Gasteiger charge is 2.20. The molecule has 0 saturated heterocycles. The zero-order valence-electron chi connectivity index (χ0n) is 12.4. The third kappa shape index (κ3) is 4.15. The maximum Gasteiger partial charge on any atom is 0.265 e. The minimum atomic E-state index is -0.600. The average molecular weight is 338 g/mol. The van der Waals surface area contributed by atoms with E-state index < -0.39 is 6.10 Å². The van der Waals surface area contributed by atoms with Crippen LogP contribution < -0.4 is 10.1 Å². The molecule has 0 heterocycles. The van der Waals surface area contributed by atoms with Gasteiger partial charge in [-0.2, -0.15) is 0 Å². The second-order valence-corrected chi connectivity index (χ2v) is 5.71. The van der Waals surface area contributed by atoms with Crippen molar-refractivity contribution in [2.24, 2.45) is 0 Å². The minimum absolute atomic E-state index is 0.256. The summed E-state index contributed by atoms with van der Waals surface area (Å²) in [5.41, 5.74) is 1.55. The Balaban J connectivity index is 2.10. The summed E-state index contributed by atoms with van der Waals surface area (Å²) in [5.74, 6) is 0.410. The quantitative estimate of drug-likeness (QED) is 0.824. The molecule has 0 aromatic heterocycles. The molecule has 0 aliphatic heterocycles. The number of ether oxygens (including phenoxy) is 1. The minimum Gasteiger partial charge on any atom is -0.481 e. The van der Waals surface area contributed by atoms with E-state index in [2.05, 4.69) is 5.32 Å². The van der Waals surface area contributed by atoms with E-state index in [4.69, 9.17) is 27.9 Å². The second-order valence-electron chi connectivity index (χ2n) is 4.92. The number of anilines is 1. The first-order valence-corrected chi connectivity index (χ1v) is 7.75. The third-order valence-electron chi connectivity index (χ3n) is 3.14. The monoisotopic (exact) mass is 337 g/mol. The van der Waals surface area contributed by atoms with Gasteiger partial charge in [0.25, 0.3) is 5.91 Å². The Morgan fingerprint density at radius 2 is 1.95 bits per heavy atom. The molecule has 0 spiro atoms. The number of halogens is 2. The largest absolute Gasteiger partial charge is 0.481 e. The van der Waals surface area contributed by atoms with Crippen LogP contribution in [0.1, 0.15) is 18.9 Å². The van der Waals surface area contributed by atoms with Gasteiger partial charge in [0, 0.05) is 0 Å². The van der Waals surface area contributed by atoms with Crippen LogP contribution >= 0.6 is 23.2 Å². The smallest absolute Gasteiger partial charge is 0.265 e. The standard InChI is InChI=1S/C17H17Cl2NO2/c1-3-15(22-12-7-4-6-11(2)10-12)17(21)20-14-9-5-8-13(18)16(14)19/h4-10,15H,3H2,1-2H3,(H,20,21)/t15-/m1/s1. The Morgan fingerprint density at radius 3 is 2.64 bits per heavy atom. The highest BCUT2D eigenvalue weighted by Crippen LogP contribution is 2.29. The summed E-state index contributed by atoms with van der Waals surface area (Å²) < 4.78 is 5.76. The summed E-state index contributed by atoms with van der Waals surface area (Å²) in [5, 5.41) is 3.47. The lowest BCUT2D eigenvalue weighted by Crippen LogP contribution is -2.32. The molecular formula is C17H17Cl2NO2. The molecule has 3 nitrogen and oxygen atoms in total. The Bertz CT molecular complexity index is 673. The van der Waals surface area contributed by atoms with Gasteiger partial charge in [0.2, 0.25) is 0 Å². The van der Waals surface area contributed by atoms with Crippen LogP contribution in [0.2, 0.25) is 10.0 Å². The van der Waals surface area contributed by atoms with Crippen LogP contribution in [0, 0.1) is 6.92 Å². The number of amides is 1. The van der Waals surface area contributed by atoms with Gasteiger partial charge in [-0.3, -0.25) is 4.79 Å². The van der Waals surface area contributed by atoms with Gasteiger partial charge < -0.3 is 10.1 Å². The van der Waals surface area contributed by atoms with Crippen LogP contribution in [0.15, 0.2) is 42.5 Å². The van der Waals surface area contributed by atoms with E-state index in [9.17, 15) is 4.79 Å². The van der Waals surface area contributed by atoms with E-state index in [1.807, 2.05) is 38.1 Å². The van der Waals surface area contributed by atoms with Crippen molar-refractivity contribution in [3.8, 4) is 5.75 Å². The van der Waals surface area contributed by atoms with Gasteiger partial charge in [0.05, 0.1) is 15.7 Å². The molecule has 2 aromatic rings. The molecule has 22 heavy (non-hydrogen) atoms. The Kier molecular flexibility index (Phi) is 5.69. The SMILES string of the molecule is CC[C@@H](Oc1cccc(C)c1)C(=O)Nc1cccc(Cl)c1Cl. The molecule has 0 radical (unpaired) electrons. The average Bonchev–Trinajstić information content (AvgIpc) is 2.49. The zero-order chi connectivity index (χ0) is 16.1. The molecule has 1 amide bonds. The first-order chi connectivity index (χ1) is 10.5. The summed E-state index contributed by atoms with van der Waals surface area (Å²) >= 11 is 12.0. The summed E-state index contributed by atoms with van der Waals surface area (Å²) in [7, 11) is 0. The molecule has 0 fully saturated rings. The fourth-order valence-electron chi connectivity index (χ4n) is 1.99. The van der Waals surface area contributed by atoms with Crippen molar-refractivity contribution < 1.29 is 9.53 Å². The lowest BCUT2D eigenvalue weighted by Gasteiger charge is -2.18. The topological polar surface area (TPSA) is 38.3 Å². The van der Waals surface area contributed by atoms with Crippen molar-refractivity contribution in [1.29, 1.82) is 0 Å². The van der Waals surface area contributed by atoms with Gasteiger partial charge in [0.15, 0.2) is 6.10 Å². The van der Waals surface area contributed by atoms with Crippen LogP contribution in [-0.2, 0) is 4.79 Å². The molecule has 116 valence electrons. The molecule has 2 aromatic carbocycles. The van der Waals surface area contributed by atoms with Crippen molar-refractivity contribution in [2.75, 3.05) is 5.32 Å². The first kappa shape index (κ1) is 16.7. The number of aryl methyl sites for hydroxylation is 1. The van der Waals surface area contributed by atoms with E-state index in [1.165, 1.54) is 0 Å². The molecule has 0 aliphatic carbocycles. The Morgan fingerprint density at radius 1 is 1.23 bits per heavy atom. The lowest BCUT2D eigenvalue weighted by molar-refractivity contribution is -0.122. The molecule has 1 N–H and O–H groups in total. The molecule has 0 aliphatic rings. The normalized spacial score (nSPS) is 11.8. The van der Waals surface area contributed by atoms with Crippen LogP contribution in [0.4, 0.5) is 5.69 Å². The molecule has 1 atom stereocenters. The van der Waals surface area contributed by atoms with Crippen molar-refractivity contribution >= 4 is 34.8 Å². The molecule has 2 rings (SSSR count). The highest BCUT2D eigenvalue weighted by atomic mass is 35.5. The van der Waals surface area contributed by atoms with Crippen molar-refractivity contribution in [3.05, 3.63) is 58.1 Å². The van der Waals surface area contributed by atoms with E-state index in [0.717, 1.165) is 5.56 Å². The summed E-state index contributed by atoms with van der Waals surface area (Å²) in [6, 6.07) is 12.7. The van der Waals surface area contributed by atoms with Crippen molar-refractivity contribution in [3.63, 3.8) is 0 Å². The maximum atomic E-state index is 12.4. The number of hydrogen-bond acceptors (Lipinski definition) is 2. The van der Waals surface area contributed by atoms with Crippen LogP contribution in [0.3, 0.4) is 0 Å². The Labute approximate surface area is 140 Å². The van der Waals surface area contributed by atoms with Crippen LogP contribution in [0.5, 0.6) is 5.75 Å². The highest BCUT2D eigenvalue weighted by molar-refractivity contribution is 6.44. The van der Waals surface area contributed by atoms with Gasteiger partial charge in [0.1, 0.15) is 5.75 Å². The second kappa shape index (κ2) is 7.52. The zero-order valence-corrected chi connectivity index (χ0v) is 13.9. The number of carbonyl (C=O) groups is 1. The van der Waals surface area contributed by atoms with E-state index in [1.54, 1.807) is 18.2 Å². The predicted molar refractivity (Wildman–Crippen MR) is 91.0 cm³/mol. The summed E-state index contributed by atoms with van der Waals surface area (Å²) in [6.07, 6.45) is -0.0605. The number of nitrogens with one attached hydrogen (secondary N) is 1. The third-order valence-corrected chi connectivity index (χ3v) is 3.96. The molecular weight excluding hydrogens is 321 g/mol. The summed E-state index contributed by atoms with van der Waals surface area (Å²) in [6.45, 7) is 3.86. The molecule has 0 bridgehead atoms. The maximum absolute atomic E-state index is 12.4. The van der Waals surface area contributed by atoms with Gasteiger partial charge in [-0.25, -0.2) is 0 Å². The number of hydrogen-bond donors (Lipinski definition) is 1. The number of rotatable bonds is 5. The number of carbonyl (C=O) groups excluding carboxylic acids is 1. The van der Waals surface area contributed by atoms with E-state index in [-0.39, 0.29) is 5.91 Å². The Hall–Kier alpha value is -1.71. The predicted octanol–water partition coefficient (Wildman–Crippen LogP) is 5.10. The van der Waals surface area contributed by atoms with Gasteiger partial charge in [-0.05, 0) is 43.2 Å². The number of benzene rings is 2. The summed E-state index contributed by atoms with van der Waals surface area (Å²) in [4.78, 5) is 12.4. The lowest BCUT2D eigenvalue weighted by atomic mass is 10.2. The van der Waals surface area contributed by atoms with Gasteiger partial charge in [-0.15, -0.1) is 0 Å². The van der Waals surface area contributed by atoms with Crippen molar-refractivity contribution in [1.82, 2.24) is 0 Å². The van der Waals surface area contributed by atoms with Gasteiger partial charge in [-0.1, -0.05) is 48.3 Å². The van der Waals surface area contributed by atoms with Crippen molar-refractivity contribution in [2.45, 2.75) is 26.4 Å². The fraction of sp³-hybridized carbons (Fsp3) is 0.235. The molecule has 0 saturated carbocycles. The van der Waals surface area contributed by atoms with E-state index >= 15 is 0 Å². The molecule has 0 unspecified atom stereocenters. The van der Waals surface area contributed by atoms with Crippen LogP contribution in [0.25, 0.3) is 0 Å². The van der Waals surface area contributed by atoms with E-state index in [0.29, 0.717) is 27.9 Å².